The normalized spacial score (nSPS) is 19.7. The van der Waals surface area contributed by atoms with Gasteiger partial charge >= 0.3 is 0 Å². The molecule has 4 aromatic rings. The topological polar surface area (TPSA) is 33.7 Å². The molecule has 0 saturated carbocycles. The minimum absolute atomic E-state index is 0.193. The third-order valence-corrected chi connectivity index (χ3v) is 10.5. The van der Waals surface area contributed by atoms with Gasteiger partial charge in [0.1, 0.15) is 11.5 Å². The monoisotopic (exact) mass is 688 g/mol. The van der Waals surface area contributed by atoms with Gasteiger partial charge in [0.2, 0.25) is 0 Å². The molecule has 1 N–H and O–H groups in total. The summed E-state index contributed by atoms with van der Waals surface area (Å²) in [6.07, 6.45) is 6.01. The summed E-state index contributed by atoms with van der Waals surface area (Å²) in [5.41, 5.74) is 7.65. The Hall–Kier alpha value is -2.64. The lowest BCUT2D eigenvalue weighted by molar-refractivity contribution is 0.0115. The van der Waals surface area contributed by atoms with E-state index in [-0.39, 0.29) is 11.7 Å². The smallest absolute Gasteiger partial charge is 0.122 e. The molecule has 0 spiro atoms. The van der Waals surface area contributed by atoms with Crippen molar-refractivity contribution in [1.29, 1.82) is 0 Å². The van der Waals surface area contributed by atoms with Gasteiger partial charge in [-0.25, -0.2) is 0 Å². The molecule has 0 heterocycles. The van der Waals surface area contributed by atoms with E-state index in [1.807, 2.05) is 0 Å². The average Bonchev–Trinajstić information content (AvgIpc) is 3.02. The molecule has 0 saturated heterocycles. The van der Waals surface area contributed by atoms with Gasteiger partial charge in [0.05, 0.1) is 19.9 Å². The first-order valence-electron chi connectivity index (χ1n) is 14.8. The third-order valence-electron chi connectivity index (χ3n) is 9.04. The van der Waals surface area contributed by atoms with E-state index >= 15 is 0 Å². The maximum Gasteiger partial charge on any atom is 0.122 e. The summed E-state index contributed by atoms with van der Waals surface area (Å²) < 4.78 is 14.0. The van der Waals surface area contributed by atoms with E-state index in [0.29, 0.717) is 0 Å². The highest BCUT2D eigenvalue weighted by Gasteiger charge is 2.44. The van der Waals surface area contributed by atoms with Gasteiger partial charge in [-0.1, -0.05) is 92.5 Å². The highest BCUT2D eigenvalue weighted by atomic mass is 79.9. The van der Waals surface area contributed by atoms with E-state index in [1.165, 1.54) is 33.4 Å². The first kappa shape index (κ1) is 29.4. The van der Waals surface area contributed by atoms with Gasteiger partial charge in [0.25, 0.3) is 0 Å². The molecular weight excluding hydrogens is 652 g/mol. The third kappa shape index (κ3) is 5.92. The van der Waals surface area contributed by atoms with Crippen molar-refractivity contribution in [2.45, 2.75) is 63.3 Å². The van der Waals surface area contributed by atoms with Crippen LogP contribution in [-0.2, 0) is 32.4 Å². The Balaban J connectivity index is 1.48. The fourth-order valence-corrected chi connectivity index (χ4v) is 8.16. The summed E-state index contributed by atoms with van der Waals surface area (Å²) in [5.74, 6) is 1.97. The molecule has 2 aliphatic carbocycles. The predicted octanol–water partition coefficient (Wildman–Crippen LogP) is 8.78. The van der Waals surface area contributed by atoms with Crippen molar-refractivity contribution in [2.75, 3.05) is 14.2 Å². The number of ether oxygens (including phenoxy) is 2. The van der Waals surface area contributed by atoms with E-state index in [1.54, 1.807) is 14.2 Å². The number of nitrogens with one attached hydrogen (secondary N) is 1. The van der Waals surface area contributed by atoms with Crippen LogP contribution in [0.3, 0.4) is 0 Å². The van der Waals surface area contributed by atoms with Crippen LogP contribution in [0, 0.1) is 0 Å². The Morgan fingerprint density at radius 3 is 1.95 bits per heavy atom. The van der Waals surface area contributed by atoms with Crippen LogP contribution in [0.15, 0.2) is 93.9 Å². The molecule has 6 rings (SSSR count). The molecule has 0 aromatic heterocycles. The number of fused-ring (bicyclic) bond motifs is 2. The fourth-order valence-electron chi connectivity index (χ4n) is 7.00. The first-order chi connectivity index (χ1) is 20.5. The summed E-state index contributed by atoms with van der Waals surface area (Å²) in [5, 5.41) is 4.34. The zero-order valence-electron chi connectivity index (χ0n) is 24.3. The van der Waals surface area contributed by atoms with Crippen molar-refractivity contribution in [3.63, 3.8) is 0 Å². The molecule has 2 atom stereocenters. The second-order valence-corrected chi connectivity index (χ2v) is 13.2. The molecule has 0 amide bonds. The maximum atomic E-state index is 5.85. The minimum atomic E-state index is -0.296. The number of hydrogen-bond donors (Lipinski definition) is 1. The quantitative estimate of drug-likeness (QED) is 0.178. The van der Waals surface area contributed by atoms with Crippen molar-refractivity contribution >= 4 is 31.9 Å². The lowest BCUT2D eigenvalue weighted by Crippen LogP contribution is -2.62. The second-order valence-electron chi connectivity index (χ2n) is 11.5. The van der Waals surface area contributed by atoms with Crippen LogP contribution in [0.4, 0.5) is 0 Å². The molecule has 6 heteroatoms. The second kappa shape index (κ2) is 12.9. The molecule has 0 fully saturated rings. The van der Waals surface area contributed by atoms with Crippen LogP contribution in [-0.4, -0.2) is 24.8 Å². The van der Waals surface area contributed by atoms with Crippen molar-refractivity contribution in [3.8, 4) is 11.5 Å². The Labute approximate surface area is 266 Å². The van der Waals surface area contributed by atoms with Gasteiger partial charge in [-0.15, -0.1) is 0 Å². The minimum Gasteiger partial charge on any atom is -0.496 e. The maximum absolute atomic E-state index is 5.85. The summed E-state index contributed by atoms with van der Waals surface area (Å²) >= 11 is 7.87. The summed E-state index contributed by atoms with van der Waals surface area (Å²) in [6.45, 7) is 1.69. The van der Waals surface area contributed by atoms with E-state index < -0.39 is 0 Å². The SMILES string of the molecule is COc1ccc(Br)c2c1CC[C@@](N[C@@H]1CCCc3c(OC)ccc(Br)c31)(N(Cc1ccccc1)Cc1ccccc1)C2. The van der Waals surface area contributed by atoms with Crippen LogP contribution in [0.25, 0.3) is 0 Å². The fraction of sp³-hybridized carbons (Fsp3) is 0.333. The largest absolute Gasteiger partial charge is 0.496 e. The average molecular weight is 691 g/mol. The highest BCUT2D eigenvalue weighted by Crippen LogP contribution is 2.45. The van der Waals surface area contributed by atoms with Crippen LogP contribution in [0.2, 0.25) is 0 Å². The molecule has 0 aliphatic heterocycles. The Bertz CT molecular complexity index is 1490. The van der Waals surface area contributed by atoms with E-state index in [9.17, 15) is 0 Å². The Kier molecular flexibility index (Phi) is 9.06. The molecule has 0 bridgehead atoms. The standard InChI is InChI=1S/C36H38Br2N2O2/c1-41-33-18-16-30(37)29-22-36(21-20-27(29)33,39-32-15-9-14-28-34(42-2)19-17-31(38)35(28)32)40(23-25-10-5-3-6-11-25)24-26-12-7-4-8-13-26/h3-8,10-13,16-19,32,39H,9,14-15,20-24H2,1-2H3/t32-,36-/m1/s1. The zero-order chi connectivity index (χ0) is 29.1. The van der Waals surface area contributed by atoms with Crippen LogP contribution in [0.1, 0.15) is 58.7 Å². The number of halogens is 2. The number of methoxy groups -OCH3 is 2. The molecule has 218 valence electrons. The summed E-state index contributed by atoms with van der Waals surface area (Å²) in [6, 6.07) is 30.5. The van der Waals surface area contributed by atoms with Crippen LogP contribution >= 0.6 is 31.9 Å². The van der Waals surface area contributed by atoms with Crippen LogP contribution < -0.4 is 14.8 Å². The first-order valence-corrected chi connectivity index (χ1v) is 16.4. The van der Waals surface area contributed by atoms with Crippen molar-refractivity contribution in [3.05, 3.63) is 127 Å². The molecule has 42 heavy (non-hydrogen) atoms. The predicted molar refractivity (Wildman–Crippen MR) is 177 cm³/mol. The number of nitrogens with zero attached hydrogens (tertiary/aromatic N) is 1. The Morgan fingerprint density at radius 2 is 1.33 bits per heavy atom. The van der Waals surface area contributed by atoms with E-state index in [0.717, 1.165) is 72.1 Å². The molecule has 0 unspecified atom stereocenters. The summed E-state index contributed by atoms with van der Waals surface area (Å²) in [4.78, 5) is 2.69. The lowest BCUT2D eigenvalue weighted by atomic mass is 9.79. The molecule has 4 nitrogen and oxygen atoms in total. The molecular formula is C36H38Br2N2O2. The van der Waals surface area contributed by atoms with E-state index in [4.69, 9.17) is 9.47 Å². The summed E-state index contributed by atoms with van der Waals surface area (Å²) in [7, 11) is 3.57. The van der Waals surface area contributed by atoms with Crippen molar-refractivity contribution in [2.24, 2.45) is 0 Å². The van der Waals surface area contributed by atoms with Crippen molar-refractivity contribution < 1.29 is 9.47 Å². The van der Waals surface area contributed by atoms with Gasteiger partial charge in [-0.3, -0.25) is 10.2 Å². The van der Waals surface area contributed by atoms with Gasteiger partial charge in [0, 0.05) is 34.5 Å². The molecule has 2 aliphatic rings. The van der Waals surface area contributed by atoms with Gasteiger partial charge in [-0.2, -0.15) is 0 Å². The highest BCUT2D eigenvalue weighted by molar-refractivity contribution is 9.10. The van der Waals surface area contributed by atoms with Gasteiger partial charge < -0.3 is 9.47 Å². The Morgan fingerprint density at radius 1 is 0.738 bits per heavy atom. The molecule has 4 aromatic carbocycles. The lowest BCUT2D eigenvalue weighted by Gasteiger charge is -2.50. The molecule has 0 radical (unpaired) electrons. The van der Waals surface area contributed by atoms with Gasteiger partial charge in [0.15, 0.2) is 0 Å². The van der Waals surface area contributed by atoms with E-state index in [2.05, 4.69) is 127 Å². The van der Waals surface area contributed by atoms with Crippen LogP contribution in [0.5, 0.6) is 11.5 Å². The van der Waals surface area contributed by atoms with Gasteiger partial charge in [-0.05, 0) is 89.8 Å². The number of benzene rings is 4. The van der Waals surface area contributed by atoms with Crippen molar-refractivity contribution in [1.82, 2.24) is 10.2 Å². The zero-order valence-corrected chi connectivity index (χ0v) is 27.5. The number of hydrogen-bond acceptors (Lipinski definition) is 4. The number of rotatable bonds is 9.